The molecule has 6 heteroatoms. The number of esters is 1. The number of ether oxygens (including phenoxy) is 1. The van der Waals surface area contributed by atoms with Crippen LogP contribution in [0.15, 0.2) is 30.3 Å². The van der Waals surface area contributed by atoms with E-state index < -0.39 is 16.9 Å². The van der Waals surface area contributed by atoms with Gasteiger partial charge in [-0.05, 0) is 26.0 Å². The van der Waals surface area contributed by atoms with Crippen molar-refractivity contribution in [1.29, 1.82) is 0 Å². The minimum Gasteiger partial charge on any atom is -0.465 e. The lowest BCUT2D eigenvalue weighted by Gasteiger charge is -2.09. The zero-order valence-electron chi connectivity index (χ0n) is 10.7. The van der Waals surface area contributed by atoms with Crippen LogP contribution in [-0.2, 0) is 9.53 Å². The quantitative estimate of drug-likeness (QED) is 0.481. The normalized spacial score (nSPS) is 12.3. The molecule has 1 atom stereocenters. The third kappa shape index (κ3) is 2.29. The number of nitrogens with zero attached hydrogens (tertiary/aromatic N) is 2. The number of para-hydroxylation sites is 1. The minimum absolute atomic E-state index is 0.252. The Labute approximate surface area is 109 Å². The first-order chi connectivity index (χ1) is 9.06. The van der Waals surface area contributed by atoms with Gasteiger partial charge < -0.3 is 4.74 Å². The van der Waals surface area contributed by atoms with Gasteiger partial charge >= 0.3 is 5.97 Å². The average molecular weight is 262 g/mol. The molecule has 0 saturated carbocycles. The largest absolute Gasteiger partial charge is 0.465 e. The van der Waals surface area contributed by atoms with E-state index in [4.69, 9.17) is 4.74 Å². The second-order valence-corrected chi connectivity index (χ2v) is 4.15. The van der Waals surface area contributed by atoms with E-state index in [9.17, 15) is 14.9 Å². The van der Waals surface area contributed by atoms with Gasteiger partial charge in [0, 0.05) is 5.39 Å². The molecular formula is C13H14N2O4. The van der Waals surface area contributed by atoms with E-state index >= 15 is 0 Å². The van der Waals surface area contributed by atoms with Crippen LogP contribution >= 0.6 is 0 Å². The molecule has 100 valence electrons. The molecule has 1 aromatic carbocycles. The molecule has 0 fully saturated rings. The van der Waals surface area contributed by atoms with Crippen LogP contribution in [0.5, 0.6) is 0 Å². The molecule has 2 aromatic rings. The summed E-state index contributed by atoms with van der Waals surface area (Å²) in [4.78, 5) is 22.9. The fourth-order valence-electron chi connectivity index (χ4n) is 2.04. The summed E-state index contributed by atoms with van der Waals surface area (Å²) in [5, 5.41) is 11.4. The van der Waals surface area contributed by atoms with Gasteiger partial charge in [0.15, 0.2) is 5.03 Å². The molecule has 2 rings (SSSR count). The highest BCUT2D eigenvalue weighted by Gasteiger charge is 2.26. The van der Waals surface area contributed by atoms with Crippen LogP contribution in [0.25, 0.3) is 10.9 Å². The van der Waals surface area contributed by atoms with Gasteiger partial charge in [-0.15, -0.1) is 0 Å². The highest BCUT2D eigenvalue weighted by atomic mass is 16.7. The maximum atomic E-state index is 11.7. The Balaban J connectivity index is 2.56. The summed E-state index contributed by atoms with van der Waals surface area (Å²) >= 11 is 0. The maximum absolute atomic E-state index is 11.7. The smallest absolute Gasteiger partial charge is 0.314 e. The Bertz CT molecular complexity index is 633. The Hall–Kier alpha value is -2.37. The van der Waals surface area contributed by atoms with Gasteiger partial charge in [0.25, 0.3) is 0 Å². The molecule has 0 saturated heterocycles. The molecule has 0 amide bonds. The van der Waals surface area contributed by atoms with E-state index in [1.165, 1.54) is 0 Å². The highest BCUT2D eigenvalue weighted by molar-refractivity contribution is 5.84. The van der Waals surface area contributed by atoms with Gasteiger partial charge in [0.1, 0.15) is 17.1 Å². The van der Waals surface area contributed by atoms with Gasteiger partial charge in [-0.1, -0.05) is 22.9 Å². The van der Waals surface area contributed by atoms with E-state index in [0.717, 1.165) is 10.1 Å². The van der Waals surface area contributed by atoms with E-state index in [1.54, 1.807) is 44.2 Å². The van der Waals surface area contributed by atoms with Crippen molar-refractivity contribution >= 4 is 16.9 Å². The third-order valence-electron chi connectivity index (χ3n) is 2.96. The molecule has 1 unspecified atom stereocenters. The Kier molecular flexibility index (Phi) is 3.50. The predicted octanol–water partition coefficient (Wildman–Crippen LogP) is 2.35. The summed E-state index contributed by atoms with van der Waals surface area (Å²) in [6.45, 7) is 3.56. The van der Waals surface area contributed by atoms with Crippen LogP contribution in [0, 0.1) is 10.1 Å². The highest BCUT2D eigenvalue weighted by Crippen LogP contribution is 2.26. The lowest BCUT2D eigenvalue weighted by Crippen LogP contribution is -2.20. The van der Waals surface area contributed by atoms with Crippen molar-refractivity contribution in [3.63, 3.8) is 0 Å². The number of benzene rings is 1. The molecule has 0 aliphatic carbocycles. The summed E-state index contributed by atoms with van der Waals surface area (Å²) in [7, 11) is 0. The van der Waals surface area contributed by atoms with Gasteiger partial charge in [0.05, 0.1) is 6.61 Å². The number of rotatable bonds is 4. The summed E-state index contributed by atoms with van der Waals surface area (Å²) in [5.41, 5.74) is 0.795. The molecular weight excluding hydrogens is 248 g/mol. The number of fused-ring (bicyclic) bond motifs is 1. The SMILES string of the molecule is CCOC(=O)C(C)c1cc2ccccc2n1[N+](=O)[O-]. The molecule has 0 aliphatic heterocycles. The first-order valence-corrected chi connectivity index (χ1v) is 5.98. The van der Waals surface area contributed by atoms with Crippen molar-refractivity contribution < 1.29 is 14.6 Å². The van der Waals surface area contributed by atoms with Crippen LogP contribution in [0.1, 0.15) is 25.5 Å². The van der Waals surface area contributed by atoms with Crippen LogP contribution in [0.2, 0.25) is 0 Å². The van der Waals surface area contributed by atoms with E-state index in [-0.39, 0.29) is 6.61 Å². The van der Waals surface area contributed by atoms with Gasteiger partial charge in [-0.2, -0.15) is 0 Å². The van der Waals surface area contributed by atoms with Gasteiger partial charge in [-0.25, -0.2) is 10.1 Å². The van der Waals surface area contributed by atoms with Crippen molar-refractivity contribution in [1.82, 2.24) is 4.68 Å². The number of carbonyl (C=O) groups is 1. The fraction of sp³-hybridized carbons (Fsp3) is 0.308. The molecule has 0 spiro atoms. The average Bonchev–Trinajstić information content (AvgIpc) is 2.77. The summed E-state index contributed by atoms with van der Waals surface area (Å²) in [6, 6.07) is 8.60. The second kappa shape index (κ2) is 5.09. The van der Waals surface area contributed by atoms with Crippen molar-refractivity contribution in [2.45, 2.75) is 19.8 Å². The number of nitro groups is 1. The topological polar surface area (TPSA) is 74.4 Å². The monoisotopic (exact) mass is 262 g/mol. The number of hydrogen-bond donors (Lipinski definition) is 0. The second-order valence-electron chi connectivity index (χ2n) is 4.15. The molecule has 0 bridgehead atoms. The van der Waals surface area contributed by atoms with E-state index in [1.807, 2.05) is 0 Å². The van der Waals surface area contributed by atoms with Gasteiger partial charge in [0.2, 0.25) is 0 Å². The predicted molar refractivity (Wildman–Crippen MR) is 69.4 cm³/mol. The molecule has 0 radical (unpaired) electrons. The van der Waals surface area contributed by atoms with Crippen LogP contribution in [-0.4, -0.2) is 22.3 Å². The first kappa shape index (κ1) is 13.1. The Morgan fingerprint density at radius 2 is 2.16 bits per heavy atom. The van der Waals surface area contributed by atoms with Crippen molar-refractivity contribution in [2.24, 2.45) is 0 Å². The summed E-state index contributed by atoms with van der Waals surface area (Å²) < 4.78 is 5.86. The lowest BCUT2D eigenvalue weighted by atomic mass is 10.1. The molecule has 1 aromatic heterocycles. The zero-order chi connectivity index (χ0) is 14.0. The molecule has 0 N–H and O–H groups in total. The molecule has 19 heavy (non-hydrogen) atoms. The Morgan fingerprint density at radius 3 is 2.79 bits per heavy atom. The zero-order valence-corrected chi connectivity index (χ0v) is 10.7. The van der Waals surface area contributed by atoms with Crippen molar-refractivity contribution in [3.8, 4) is 0 Å². The van der Waals surface area contributed by atoms with Crippen molar-refractivity contribution in [3.05, 3.63) is 46.1 Å². The number of carbonyl (C=O) groups excluding carboxylic acids is 1. The number of aromatic nitrogens is 1. The number of hydrogen-bond acceptors (Lipinski definition) is 4. The van der Waals surface area contributed by atoms with Crippen LogP contribution in [0.3, 0.4) is 0 Å². The maximum Gasteiger partial charge on any atom is 0.314 e. The summed E-state index contributed by atoms with van der Waals surface area (Å²) in [5.74, 6) is -1.15. The van der Waals surface area contributed by atoms with Crippen molar-refractivity contribution in [2.75, 3.05) is 6.61 Å². The van der Waals surface area contributed by atoms with E-state index in [0.29, 0.717) is 11.2 Å². The molecule has 6 nitrogen and oxygen atoms in total. The minimum atomic E-state index is -0.683. The fourth-order valence-corrected chi connectivity index (χ4v) is 2.04. The first-order valence-electron chi connectivity index (χ1n) is 5.98. The van der Waals surface area contributed by atoms with E-state index in [2.05, 4.69) is 0 Å². The van der Waals surface area contributed by atoms with Crippen LogP contribution < -0.4 is 0 Å². The molecule has 1 heterocycles. The van der Waals surface area contributed by atoms with Crippen LogP contribution in [0.4, 0.5) is 0 Å². The standard InChI is InChI=1S/C13H14N2O4/c1-3-19-13(16)9(2)12-8-10-6-4-5-7-11(10)14(12)15(17)18/h4-9H,3H2,1-2H3. The Morgan fingerprint density at radius 1 is 1.47 bits per heavy atom. The summed E-state index contributed by atoms with van der Waals surface area (Å²) in [6.07, 6.45) is 0. The van der Waals surface area contributed by atoms with Gasteiger partial charge in [-0.3, -0.25) is 4.79 Å². The lowest BCUT2D eigenvalue weighted by molar-refractivity contribution is -0.539. The third-order valence-corrected chi connectivity index (χ3v) is 2.96. The molecule has 0 aliphatic rings.